The third kappa shape index (κ3) is 5.37. The second-order valence-electron chi connectivity index (χ2n) is 6.42. The number of carbonyl (C=O) groups is 2. The molecule has 9 heteroatoms. The second kappa shape index (κ2) is 8.98. The molecule has 154 valence electrons. The predicted octanol–water partition coefficient (Wildman–Crippen LogP) is 3.52. The van der Waals surface area contributed by atoms with Gasteiger partial charge in [0.15, 0.2) is 0 Å². The van der Waals surface area contributed by atoms with Gasteiger partial charge in [-0.3, -0.25) is 25.2 Å². The molecule has 0 aliphatic carbocycles. The van der Waals surface area contributed by atoms with Crippen molar-refractivity contribution in [1.82, 2.24) is 10.9 Å². The monoisotopic (exact) mass is 443 g/mol. The van der Waals surface area contributed by atoms with Crippen molar-refractivity contribution in [3.05, 3.63) is 94.5 Å². The van der Waals surface area contributed by atoms with Gasteiger partial charge in [-0.05, 0) is 67.1 Å². The number of hydrogen-bond donors (Lipinski definition) is 3. The Bertz CT molecular complexity index is 1190. The van der Waals surface area contributed by atoms with E-state index < -0.39 is 21.8 Å². The van der Waals surface area contributed by atoms with Gasteiger partial charge >= 0.3 is 0 Å². The summed E-state index contributed by atoms with van der Waals surface area (Å²) in [7, 11) is -3.89. The maximum Gasteiger partial charge on any atom is 0.269 e. The maximum absolute atomic E-state index is 12.6. The Kier molecular flexibility index (Phi) is 6.39. The molecule has 0 unspecified atom stereocenters. The Morgan fingerprint density at radius 1 is 0.800 bits per heavy atom. The van der Waals surface area contributed by atoms with Crippen LogP contribution in [0.4, 0.5) is 5.69 Å². The lowest BCUT2D eigenvalue weighted by molar-refractivity contribution is 0.0846. The Morgan fingerprint density at radius 2 is 1.43 bits per heavy atom. The number of anilines is 1. The molecule has 7 nitrogen and oxygen atoms in total. The third-order valence-electron chi connectivity index (χ3n) is 4.07. The van der Waals surface area contributed by atoms with E-state index in [0.29, 0.717) is 16.3 Å². The highest BCUT2D eigenvalue weighted by molar-refractivity contribution is 7.92. The summed E-state index contributed by atoms with van der Waals surface area (Å²) in [5.74, 6) is -1.20. The van der Waals surface area contributed by atoms with Crippen LogP contribution in [0.3, 0.4) is 0 Å². The number of rotatable bonds is 5. The largest absolute Gasteiger partial charge is 0.280 e. The summed E-state index contributed by atoms with van der Waals surface area (Å²) in [6.45, 7) is 1.85. The van der Waals surface area contributed by atoms with Crippen LogP contribution < -0.4 is 15.6 Å². The van der Waals surface area contributed by atoms with E-state index in [-0.39, 0.29) is 10.5 Å². The summed E-state index contributed by atoms with van der Waals surface area (Å²) in [4.78, 5) is 24.3. The first-order valence-corrected chi connectivity index (χ1v) is 10.7. The molecule has 2 amide bonds. The second-order valence-corrected chi connectivity index (χ2v) is 8.54. The number of sulfonamides is 1. The molecular weight excluding hydrogens is 426 g/mol. The van der Waals surface area contributed by atoms with Crippen LogP contribution in [0.1, 0.15) is 26.3 Å². The number of benzene rings is 3. The third-order valence-corrected chi connectivity index (χ3v) is 5.70. The predicted molar refractivity (Wildman–Crippen MR) is 115 cm³/mol. The van der Waals surface area contributed by atoms with E-state index >= 15 is 0 Å². The van der Waals surface area contributed by atoms with Crippen LogP contribution >= 0.6 is 11.6 Å². The molecule has 3 aromatic rings. The van der Waals surface area contributed by atoms with Crippen LogP contribution in [-0.4, -0.2) is 20.2 Å². The molecule has 0 spiro atoms. The van der Waals surface area contributed by atoms with Gasteiger partial charge in [-0.15, -0.1) is 0 Å². The summed E-state index contributed by atoms with van der Waals surface area (Å²) in [5.41, 5.74) is 6.23. The van der Waals surface area contributed by atoms with Crippen molar-refractivity contribution in [3.63, 3.8) is 0 Å². The van der Waals surface area contributed by atoms with Crippen molar-refractivity contribution >= 4 is 39.1 Å². The molecule has 0 bridgehead atoms. The average molecular weight is 444 g/mol. The average Bonchev–Trinajstić information content (AvgIpc) is 2.72. The first-order valence-electron chi connectivity index (χ1n) is 8.80. The molecule has 0 aliphatic heterocycles. The van der Waals surface area contributed by atoms with Gasteiger partial charge in [0.1, 0.15) is 0 Å². The van der Waals surface area contributed by atoms with Gasteiger partial charge < -0.3 is 0 Å². The van der Waals surface area contributed by atoms with E-state index in [1.807, 2.05) is 13.0 Å². The fourth-order valence-corrected chi connectivity index (χ4v) is 3.81. The molecule has 0 aliphatic rings. The molecule has 3 aromatic carbocycles. The number of halogens is 1. The maximum atomic E-state index is 12.6. The molecule has 0 aromatic heterocycles. The van der Waals surface area contributed by atoms with Crippen molar-refractivity contribution in [2.45, 2.75) is 11.8 Å². The molecule has 0 radical (unpaired) electrons. The highest BCUT2D eigenvalue weighted by atomic mass is 35.5. The van der Waals surface area contributed by atoms with E-state index in [4.69, 9.17) is 11.6 Å². The smallest absolute Gasteiger partial charge is 0.269 e. The standard InChI is InChI=1S/C21H18ClN3O4S/c1-14-4-2-6-18(12-14)25-30(28,29)19-7-3-5-16(13-19)21(27)24-23-20(26)15-8-10-17(22)11-9-15/h2-13,25H,1H3,(H,23,26)(H,24,27). The zero-order valence-corrected chi connectivity index (χ0v) is 17.4. The van der Waals surface area contributed by atoms with Gasteiger partial charge in [0.25, 0.3) is 21.8 Å². The van der Waals surface area contributed by atoms with Crippen LogP contribution in [0.15, 0.2) is 77.7 Å². The van der Waals surface area contributed by atoms with Gasteiger partial charge in [-0.1, -0.05) is 29.8 Å². The van der Waals surface area contributed by atoms with E-state index in [0.717, 1.165) is 5.56 Å². The molecule has 30 heavy (non-hydrogen) atoms. The zero-order valence-electron chi connectivity index (χ0n) is 15.8. The summed E-state index contributed by atoms with van der Waals surface area (Å²) < 4.78 is 27.8. The van der Waals surface area contributed by atoms with E-state index in [2.05, 4.69) is 15.6 Å². The van der Waals surface area contributed by atoms with Crippen molar-refractivity contribution in [2.75, 3.05) is 4.72 Å². The number of aryl methyl sites for hydroxylation is 1. The molecular formula is C21H18ClN3O4S. The van der Waals surface area contributed by atoms with E-state index in [1.165, 1.54) is 36.4 Å². The van der Waals surface area contributed by atoms with Gasteiger partial charge in [-0.2, -0.15) is 0 Å². The lowest BCUT2D eigenvalue weighted by atomic mass is 10.2. The Morgan fingerprint density at radius 3 is 2.10 bits per heavy atom. The summed E-state index contributed by atoms with van der Waals surface area (Å²) in [5, 5.41) is 0.480. The van der Waals surface area contributed by atoms with Crippen molar-refractivity contribution in [3.8, 4) is 0 Å². The lowest BCUT2D eigenvalue weighted by Crippen LogP contribution is -2.41. The van der Waals surface area contributed by atoms with E-state index in [1.54, 1.807) is 30.3 Å². The molecule has 3 rings (SSSR count). The molecule has 0 fully saturated rings. The fourth-order valence-electron chi connectivity index (χ4n) is 2.59. The first-order chi connectivity index (χ1) is 14.2. The summed E-state index contributed by atoms with van der Waals surface area (Å²) in [6.07, 6.45) is 0. The SMILES string of the molecule is Cc1cccc(NS(=O)(=O)c2cccc(C(=O)NNC(=O)c3ccc(Cl)cc3)c2)c1. The zero-order chi connectivity index (χ0) is 21.7. The Labute approximate surface area is 179 Å². The highest BCUT2D eigenvalue weighted by Crippen LogP contribution is 2.18. The fraction of sp³-hybridized carbons (Fsp3) is 0.0476. The molecule has 0 saturated carbocycles. The van der Waals surface area contributed by atoms with Crippen LogP contribution in [0, 0.1) is 6.92 Å². The van der Waals surface area contributed by atoms with Crippen molar-refractivity contribution in [2.24, 2.45) is 0 Å². The number of amides is 2. The number of carbonyl (C=O) groups excluding carboxylic acids is 2. The minimum atomic E-state index is -3.89. The van der Waals surface area contributed by atoms with Gasteiger partial charge in [0.2, 0.25) is 0 Å². The van der Waals surface area contributed by atoms with Gasteiger partial charge in [0.05, 0.1) is 4.90 Å². The minimum absolute atomic E-state index is 0.0681. The normalized spacial score (nSPS) is 10.9. The number of hydrogen-bond acceptors (Lipinski definition) is 4. The van der Waals surface area contributed by atoms with Crippen molar-refractivity contribution < 1.29 is 18.0 Å². The Balaban J connectivity index is 1.70. The topological polar surface area (TPSA) is 104 Å². The summed E-state index contributed by atoms with van der Waals surface area (Å²) >= 11 is 5.78. The van der Waals surface area contributed by atoms with Crippen molar-refractivity contribution in [1.29, 1.82) is 0 Å². The molecule has 0 saturated heterocycles. The number of hydrazine groups is 1. The van der Waals surface area contributed by atoms with Crippen LogP contribution in [0.5, 0.6) is 0 Å². The summed E-state index contributed by atoms with van der Waals surface area (Å²) in [6, 6.07) is 18.5. The minimum Gasteiger partial charge on any atom is -0.280 e. The van der Waals surface area contributed by atoms with Crippen LogP contribution in [-0.2, 0) is 10.0 Å². The number of nitrogens with one attached hydrogen (secondary N) is 3. The lowest BCUT2D eigenvalue weighted by Gasteiger charge is -2.11. The highest BCUT2D eigenvalue weighted by Gasteiger charge is 2.17. The van der Waals surface area contributed by atoms with E-state index in [9.17, 15) is 18.0 Å². The van der Waals surface area contributed by atoms with Gasteiger partial charge in [0, 0.05) is 21.8 Å². The quantitative estimate of drug-likeness (QED) is 0.524. The Hall–Kier alpha value is -3.36. The van der Waals surface area contributed by atoms with Gasteiger partial charge in [-0.25, -0.2) is 8.42 Å². The first kappa shape index (κ1) is 21.4. The van der Waals surface area contributed by atoms with Crippen LogP contribution in [0.2, 0.25) is 5.02 Å². The molecule has 0 atom stereocenters. The molecule has 0 heterocycles. The molecule has 3 N–H and O–H groups in total. The van der Waals surface area contributed by atoms with Crippen LogP contribution in [0.25, 0.3) is 0 Å².